The lowest BCUT2D eigenvalue weighted by molar-refractivity contribution is -0.120. The monoisotopic (exact) mass is 298 g/mol. The zero-order valence-corrected chi connectivity index (χ0v) is 12.3. The van der Waals surface area contributed by atoms with E-state index in [9.17, 15) is 4.79 Å². The highest BCUT2D eigenvalue weighted by atomic mass is 16.5. The number of ether oxygens (including phenoxy) is 1. The van der Waals surface area contributed by atoms with E-state index in [1.807, 2.05) is 39.9 Å². The van der Waals surface area contributed by atoms with Crippen molar-refractivity contribution in [2.24, 2.45) is 0 Å². The molecule has 2 aliphatic rings. The number of amides is 1. The highest BCUT2D eigenvalue weighted by Crippen LogP contribution is 2.31. The van der Waals surface area contributed by atoms with Gasteiger partial charge in [-0.05, 0) is 12.1 Å². The number of hydrogen-bond acceptors (Lipinski definition) is 4. The molecule has 0 N–H and O–H groups in total. The molecule has 2 aliphatic heterocycles. The number of para-hydroxylation sites is 2. The molecule has 1 aromatic carbocycles. The molecule has 0 saturated carbocycles. The first-order chi connectivity index (χ1) is 10.8. The summed E-state index contributed by atoms with van der Waals surface area (Å²) in [6.45, 7) is 4.05. The van der Waals surface area contributed by atoms with Crippen LogP contribution in [0.15, 0.2) is 36.8 Å². The number of carbonyl (C=O) groups excluding carboxylic acids is 1. The second kappa shape index (κ2) is 5.55. The standard InChI is InChI=1S/C16H18N4O2/c21-16(11-18-5-7-22-8-6-18)19-10-13-9-17-12-20(13)15-4-2-1-3-14(15)19/h1-4,9,12H,5-8,10-11H2. The normalized spacial score (nSPS) is 17.9. The molecule has 0 aliphatic carbocycles. The summed E-state index contributed by atoms with van der Waals surface area (Å²) in [6, 6.07) is 7.97. The molecule has 0 bridgehead atoms. The molecule has 2 aromatic rings. The summed E-state index contributed by atoms with van der Waals surface area (Å²) in [4.78, 5) is 21.0. The lowest BCUT2D eigenvalue weighted by Crippen LogP contribution is -2.45. The Morgan fingerprint density at radius 3 is 2.77 bits per heavy atom. The molecule has 4 rings (SSSR count). The second-order valence-electron chi connectivity index (χ2n) is 5.61. The largest absolute Gasteiger partial charge is 0.379 e. The van der Waals surface area contributed by atoms with Crippen molar-refractivity contribution < 1.29 is 9.53 Å². The molecule has 0 atom stereocenters. The van der Waals surface area contributed by atoms with Gasteiger partial charge in [-0.3, -0.25) is 14.3 Å². The first-order valence-corrected chi connectivity index (χ1v) is 7.54. The molecule has 1 aromatic heterocycles. The molecule has 3 heterocycles. The first-order valence-electron chi connectivity index (χ1n) is 7.54. The number of hydrogen-bond donors (Lipinski definition) is 0. The summed E-state index contributed by atoms with van der Waals surface area (Å²) in [5.41, 5.74) is 3.00. The number of imidazole rings is 1. The number of fused-ring (bicyclic) bond motifs is 3. The van der Waals surface area contributed by atoms with Crippen LogP contribution in [0.4, 0.5) is 5.69 Å². The Balaban J connectivity index is 1.61. The third-order valence-corrected chi connectivity index (χ3v) is 4.23. The minimum Gasteiger partial charge on any atom is -0.379 e. The second-order valence-corrected chi connectivity index (χ2v) is 5.61. The summed E-state index contributed by atoms with van der Waals surface area (Å²) in [7, 11) is 0. The van der Waals surface area contributed by atoms with Crippen molar-refractivity contribution in [2.45, 2.75) is 6.54 Å². The van der Waals surface area contributed by atoms with Crippen LogP contribution >= 0.6 is 0 Å². The van der Waals surface area contributed by atoms with Crippen molar-refractivity contribution in [3.63, 3.8) is 0 Å². The van der Waals surface area contributed by atoms with Gasteiger partial charge in [0.05, 0.1) is 55.9 Å². The van der Waals surface area contributed by atoms with E-state index >= 15 is 0 Å². The lowest BCUT2D eigenvalue weighted by Gasteiger charge is -2.33. The molecular weight excluding hydrogens is 280 g/mol. The summed E-state index contributed by atoms with van der Waals surface area (Å²) in [5.74, 6) is 0.127. The van der Waals surface area contributed by atoms with Gasteiger partial charge in [0.1, 0.15) is 0 Å². The molecule has 22 heavy (non-hydrogen) atoms. The summed E-state index contributed by atoms with van der Waals surface area (Å²) in [6.07, 6.45) is 3.63. The number of benzene rings is 1. The number of morpholine rings is 1. The van der Waals surface area contributed by atoms with E-state index in [4.69, 9.17) is 4.74 Å². The summed E-state index contributed by atoms with van der Waals surface area (Å²) >= 11 is 0. The predicted octanol–water partition coefficient (Wildman–Crippen LogP) is 1.05. The Kier molecular flexibility index (Phi) is 3.40. The van der Waals surface area contributed by atoms with Crippen LogP contribution in [0.5, 0.6) is 0 Å². The van der Waals surface area contributed by atoms with E-state index in [-0.39, 0.29) is 5.91 Å². The Hall–Kier alpha value is -2.18. The van der Waals surface area contributed by atoms with Crippen LogP contribution in [-0.2, 0) is 16.1 Å². The Bertz CT molecular complexity index is 691. The fourth-order valence-corrected chi connectivity index (χ4v) is 3.06. The molecule has 0 radical (unpaired) electrons. The lowest BCUT2D eigenvalue weighted by atomic mass is 10.1. The van der Waals surface area contributed by atoms with Crippen LogP contribution in [-0.4, -0.2) is 53.2 Å². The number of nitrogens with zero attached hydrogens (tertiary/aromatic N) is 4. The van der Waals surface area contributed by atoms with Crippen LogP contribution in [0, 0.1) is 0 Å². The van der Waals surface area contributed by atoms with E-state index in [0.717, 1.165) is 30.2 Å². The number of rotatable bonds is 2. The molecule has 6 heteroatoms. The van der Waals surface area contributed by atoms with E-state index in [1.54, 1.807) is 6.33 Å². The van der Waals surface area contributed by atoms with Gasteiger partial charge >= 0.3 is 0 Å². The molecule has 114 valence electrons. The van der Waals surface area contributed by atoms with Gasteiger partial charge in [-0.15, -0.1) is 0 Å². The van der Waals surface area contributed by atoms with Crippen molar-refractivity contribution >= 4 is 11.6 Å². The van der Waals surface area contributed by atoms with Gasteiger partial charge in [0.2, 0.25) is 5.91 Å². The number of aromatic nitrogens is 2. The summed E-state index contributed by atoms with van der Waals surface area (Å²) < 4.78 is 7.39. The average molecular weight is 298 g/mol. The van der Waals surface area contributed by atoms with Crippen molar-refractivity contribution in [3.8, 4) is 5.69 Å². The van der Waals surface area contributed by atoms with E-state index in [2.05, 4.69) is 9.88 Å². The maximum absolute atomic E-state index is 12.8. The Morgan fingerprint density at radius 1 is 1.18 bits per heavy atom. The van der Waals surface area contributed by atoms with Gasteiger partial charge in [0.25, 0.3) is 0 Å². The van der Waals surface area contributed by atoms with Crippen molar-refractivity contribution in [1.82, 2.24) is 14.5 Å². The molecule has 0 unspecified atom stereocenters. The molecule has 0 spiro atoms. The van der Waals surface area contributed by atoms with Gasteiger partial charge in [-0.1, -0.05) is 12.1 Å². The molecular formula is C16H18N4O2. The minimum atomic E-state index is 0.127. The highest BCUT2D eigenvalue weighted by molar-refractivity contribution is 5.97. The van der Waals surface area contributed by atoms with Crippen LogP contribution in [0.3, 0.4) is 0 Å². The van der Waals surface area contributed by atoms with Crippen LogP contribution in [0.1, 0.15) is 5.69 Å². The summed E-state index contributed by atoms with van der Waals surface area (Å²) in [5, 5.41) is 0. The minimum absolute atomic E-state index is 0.127. The highest BCUT2D eigenvalue weighted by Gasteiger charge is 2.27. The number of carbonyl (C=O) groups is 1. The Morgan fingerprint density at radius 2 is 1.95 bits per heavy atom. The molecule has 6 nitrogen and oxygen atoms in total. The van der Waals surface area contributed by atoms with Crippen molar-refractivity contribution in [2.75, 3.05) is 37.7 Å². The van der Waals surface area contributed by atoms with Crippen LogP contribution in [0.2, 0.25) is 0 Å². The smallest absolute Gasteiger partial charge is 0.241 e. The zero-order chi connectivity index (χ0) is 14.9. The third-order valence-electron chi connectivity index (χ3n) is 4.23. The van der Waals surface area contributed by atoms with Gasteiger partial charge < -0.3 is 9.64 Å². The van der Waals surface area contributed by atoms with Gasteiger partial charge in [0, 0.05) is 13.1 Å². The molecule has 1 fully saturated rings. The Labute approximate surface area is 128 Å². The average Bonchev–Trinajstić information content (AvgIpc) is 3.04. The van der Waals surface area contributed by atoms with E-state index in [1.165, 1.54) is 0 Å². The zero-order valence-electron chi connectivity index (χ0n) is 12.3. The van der Waals surface area contributed by atoms with Crippen molar-refractivity contribution in [1.29, 1.82) is 0 Å². The van der Waals surface area contributed by atoms with Crippen LogP contribution < -0.4 is 4.90 Å². The molecule has 1 saturated heterocycles. The maximum Gasteiger partial charge on any atom is 0.241 e. The van der Waals surface area contributed by atoms with Crippen LogP contribution in [0.25, 0.3) is 5.69 Å². The quantitative estimate of drug-likeness (QED) is 0.831. The molecule has 1 amide bonds. The van der Waals surface area contributed by atoms with E-state index < -0.39 is 0 Å². The van der Waals surface area contributed by atoms with Gasteiger partial charge in [0.15, 0.2) is 0 Å². The fourth-order valence-electron chi connectivity index (χ4n) is 3.06. The third kappa shape index (κ3) is 2.30. The topological polar surface area (TPSA) is 50.6 Å². The number of anilines is 1. The predicted molar refractivity (Wildman–Crippen MR) is 82.0 cm³/mol. The van der Waals surface area contributed by atoms with Gasteiger partial charge in [-0.25, -0.2) is 4.98 Å². The first kappa shape index (κ1) is 13.5. The van der Waals surface area contributed by atoms with Gasteiger partial charge in [-0.2, -0.15) is 0 Å². The maximum atomic E-state index is 12.8. The van der Waals surface area contributed by atoms with E-state index in [0.29, 0.717) is 26.3 Å². The fraction of sp³-hybridized carbons (Fsp3) is 0.375. The van der Waals surface area contributed by atoms with Crippen molar-refractivity contribution in [3.05, 3.63) is 42.5 Å². The SMILES string of the molecule is O=C(CN1CCOCC1)N1Cc2cncn2-c2ccccc21.